The van der Waals surface area contributed by atoms with Gasteiger partial charge in [0.15, 0.2) is 0 Å². The Labute approximate surface area is 206 Å². The number of ether oxygens (including phenoxy) is 1. The zero-order valence-electron chi connectivity index (χ0n) is 20.3. The molecule has 1 saturated carbocycles. The van der Waals surface area contributed by atoms with Gasteiger partial charge in [0.1, 0.15) is 18.0 Å². The van der Waals surface area contributed by atoms with Gasteiger partial charge in [-0.2, -0.15) is 5.10 Å². The third-order valence-corrected chi connectivity index (χ3v) is 6.29. The van der Waals surface area contributed by atoms with Crippen molar-refractivity contribution >= 4 is 23.5 Å². The van der Waals surface area contributed by atoms with E-state index in [2.05, 4.69) is 15.1 Å². The highest BCUT2D eigenvalue weighted by Crippen LogP contribution is 2.28. The van der Waals surface area contributed by atoms with Gasteiger partial charge in [-0.3, -0.25) is 9.79 Å². The number of carbonyl (C=O) groups excluding carboxylic acids is 1. The molecule has 2 N–H and O–H groups in total. The summed E-state index contributed by atoms with van der Waals surface area (Å²) in [6, 6.07) is 15.7. The number of aryl methyl sites for hydroxylation is 1. The van der Waals surface area contributed by atoms with Crippen LogP contribution in [0.3, 0.4) is 0 Å². The molecule has 8 heteroatoms. The van der Waals surface area contributed by atoms with Crippen LogP contribution in [0.25, 0.3) is 5.69 Å². The van der Waals surface area contributed by atoms with E-state index in [1.165, 1.54) is 6.42 Å². The number of benzene rings is 2. The fourth-order valence-electron chi connectivity index (χ4n) is 4.56. The maximum absolute atomic E-state index is 13.3. The van der Waals surface area contributed by atoms with E-state index in [9.17, 15) is 4.79 Å². The number of aliphatic imine (C=N–C) groups is 1. The van der Waals surface area contributed by atoms with Crippen LogP contribution in [0, 0.1) is 6.92 Å². The topological polar surface area (TPSA) is 98.1 Å². The van der Waals surface area contributed by atoms with Gasteiger partial charge in [-0.05, 0) is 44.0 Å². The lowest BCUT2D eigenvalue weighted by molar-refractivity contribution is -0.117. The minimum absolute atomic E-state index is 0.0218. The van der Waals surface area contributed by atoms with Gasteiger partial charge < -0.3 is 20.0 Å². The molecule has 0 radical (unpaired) electrons. The Kier molecular flexibility index (Phi) is 7.92. The average Bonchev–Trinajstić information content (AvgIpc) is 3.33. The second-order valence-corrected chi connectivity index (χ2v) is 8.68. The molecule has 1 heterocycles. The normalized spacial score (nSPS) is 14.9. The van der Waals surface area contributed by atoms with Crippen molar-refractivity contribution in [3.8, 4) is 11.4 Å². The Balaban J connectivity index is 1.50. The number of aromatic nitrogens is 2. The van der Waals surface area contributed by atoms with Gasteiger partial charge in [0, 0.05) is 29.7 Å². The van der Waals surface area contributed by atoms with Crippen molar-refractivity contribution < 1.29 is 9.53 Å². The quantitative estimate of drug-likeness (QED) is 0.300. The molecule has 35 heavy (non-hydrogen) atoms. The number of hydrazone groups is 1. The summed E-state index contributed by atoms with van der Waals surface area (Å²) in [7, 11) is 1.61. The van der Waals surface area contributed by atoms with Crippen LogP contribution in [0.2, 0.25) is 0 Å². The molecule has 0 saturated heterocycles. The number of carbonyl (C=O) groups is 1. The van der Waals surface area contributed by atoms with Crippen molar-refractivity contribution in [3.63, 3.8) is 0 Å². The minimum atomic E-state index is -0.0286. The first-order valence-corrected chi connectivity index (χ1v) is 11.9. The van der Waals surface area contributed by atoms with E-state index >= 15 is 0 Å². The Morgan fingerprint density at radius 1 is 1.20 bits per heavy atom. The molecule has 0 bridgehead atoms. The van der Waals surface area contributed by atoms with Crippen LogP contribution >= 0.6 is 0 Å². The van der Waals surface area contributed by atoms with Crippen molar-refractivity contribution in [2.45, 2.75) is 45.1 Å². The molecule has 0 atom stereocenters. The average molecular weight is 473 g/mol. The van der Waals surface area contributed by atoms with Gasteiger partial charge in [0.2, 0.25) is 5.91 Å². The van der Waals surface area contributed by atoms with E-state index in [1.807, 2.05) is 71.1 Å². The van der Waals surface area contributed by atoms with Crippen LogP contribution in [0.4, 0.5) is 5.69 Å². The Morgan fingerprint density at radius 3 is 2.63 bits per heavy atom. The molecule has 1 fully saturated rings. The number of hydrogen-bond donors (Lipinski definition) is 1. The number of nitrogens with two attached hydrogens (primary N) is 1. The zero-order chi connectivity index (χ0) is 24.6. The molecular weight excluding hydrogens is 440 g/mol. The molecular formula is C27H32N6O2. The van der Waals surface area contributed by atoms with Gasteiger partial charge in [-0.1, -0.05) is 43.5 Å². The van der Waals surface area contributed by atoms with Crippen molar-refractivity contribution in [1.82, 2.24) is 9.55 Å². The maximum Gasteiger partial charge on any atom is 0.248 e. The first kappa shape index (κ1) is 24.2. The number of anilines is 1. The van der Waals surface area contributed by atoms with E-state index in [0.717, 1.165) is 48.3 Å². The van der Waals surface area contributed by atoms with Gasteiger partial charge >= 0.3 is 0 Å². The smallest absolute Gasteiger partial charge is 0.248 e. The summed E-state index contributed by atoms with van der Waals surface area (Å²) in [5.41, 5.74) is 3.89. The SMILES string of the molecule is COc1cc(/C(C=NCC(=O)N(c2ccccc2)C2CCCCC2)=N/N)ccc1-n1cnc(C)c1. The third-order valence-electron chi connectivity index (χ3n) is 6.29. The Morgan fingerprint density at radius 2 is 1.97 bits per heavy atom. The number of methoxy groups -OCH3 is 1. The summed E-state index contributed by atoms with van der Waals surface area (Å²) in [6.07, 6.45) is 10.8. The van der Waals surface area contributed by atoms with Crippen LogP contribution in [-0.4, -0.2) is 47.1 Å². The molecule has 3 aromatic rings. The van der Waals surface area contributed by atoms with E-state index in [0.29, 0.717) is 11.5 Å². The van der Waals surface area contributed by atoms with Gasteiger partial charge in [0.25, 0.3) is 0 Å². The van der Waals surface area contributed by atoms with Crippen molar-refractivity contribution in [3.05, 3.63) is 72.3 Å². The molecule has 1 aliphatic carbocycles. The van der Waals surface area contributed by atoms with Crippen molar-refractivity contribution in [2.24, 2.45) is 15.9 Å². The zero-order valence-corrected chi connectivity index (χ0v) is 20.3. The first-order chi connectivity index (χ1) is 17.1. The monoisotopic (exact) mass is 472 g/mol. The second kappa shape index (κ2) is 11.5. The number of imidazole rings is 1. The summed E-state index contributed by atoms with van der Waals surface area (Å²) < 4.78 is 7.48. The highest BCUT2D eigenvalue weighted by Gasteiger charge is 2.26. The van der Waals surface area contributed by atoms with Crippen molar-refractivity contribution in [2.75, 3.05) is 18.6 Å². The highest BCUT2D eigenvalue weighted by molar-refractivity contribution is 6.38. The van der Waals surface area contributed by atoms with Gasteiger partial charge in [-0.25, -0.2) is 4.98 Å². The largest absolute Gasteiger partial charge is 0.495 e. The van der Waals surface area contributed by atoms with E-state index in [-0.39, 0.29) is 18.5 Å². The standard InChI is InChI=1S/C27H32N6O2/c1-20-18-32(19-30-20)25-14-13-21(15-26(25)35-2)24(31-28)16-29-17-27(34)33(22-9-5-3-6-10-22)23-11-7-4-8-12-23/h3,5-6,9-10,13-16,18-19,23H,4,7-8,11-12,17,28H2,1-2H3/b29-16?,31-24+. The Bertz CT molecular complexity index is 1200. The summed E-state index contributed by atoms with van der Waals surface area (Å²) in [4.78, 5) is 23.9. The molecule has 0 unspecified atom stereocenters. The molecule has 0 aliphatic heterocycles. The summed E-state index contributed by atoms with van der Waals surface area (Å²) >= 11 is 0. The Hall–Kier alpha value is -3.94. The summed E-state index contributed by atoms with van der Waals surface area (Å²) in [5, 5.41) is 3.90. The predicted octanol–water partition coefficient (Wildman–Crippen LogP) is 4.29. The lowest BCUT2D eigenvalue weighted by Gasteiger charge is -2.34. The summed E-state index contributed by atoms with van der Waals surface area (Å²) in [5.74, 6) is 6.30. The van der Waals surface area contributed by atoms with Gasteiger partial charge in [-0.15, -0.1) is 0 Å². The maximum atomic E-state index is 13.3. The molecule has 1 aliphatic rings. The number of rotatable bonds is 8. The van der Waals surface area contributed by atoms with E-state index in [4.69, 9.17) is 10.6 Å². The number of nitrogens with zero attached hydrogens (tertiary/aromatic N) is 5. The van der Waals surface area contributed by atoms with E-state index in [1.54, 1.807) is 19.7 Å². The number of para-hydroxylation sites is 1. The van der Waals surface area contributed by atoms with Crippen LogP contribution in [-0.2, 0) is 4.79 Å². The van der Waals surface area contributed by atoms with E-state index < -0.39 is 0 Å². The lowest BCUT2D eigenvalue weighted by Crippen LogP contribution is -2.43. The molecule has 1 amide bonds. The number of hydrogen-bond acceptors (Lipinski definition) is 6. The second-order valence-electron chi connectivity index (χ2n) is 8.68. The first-order valence-electron chi connectivity index (χ1n) is 11.9. The van der Waals surface area contributed by atoms with Crippen LogP contribution in [0.5, 0.6) is 5.75 Å². The fourth-order valence-corrected chi connectivity index (χ4v) is 4.56. The highest BCUT2D eigenvalue weighted by atomic mass is 16.5. The third kappa shape index (κ3) is 5.77. The lowest BCUT2D eigenvalue weighted by atomic mass is 9.93. The van der Waals surface area contributed by atoms with Gasteiger partial charge in [0.05, 0.1) is 24.8 Å². The van der Waals surface area contributed by atoms with Crippen LogP contribution in [0.1, 0.15) is 43.4 Å². The summed E-state index contributed by atoms with van der Waals surface area (Å²) in [6.45, 7) is 1.95. The molecule has 1 aromatic heterocycles. The molecule has 2 aromatic carbocycles. The van der Waals surface area contributed by atoms with Crippen LogP contribution < -0.4 is 15.5 Å². The predicted molar refractivity (Wildman–Crippen MR) is 140 cm³/mol. The molecule has 4 rings (SSSR count). The molecule has 8 nitrogen and oxygen atoms in total. The minimum Gasteiger partial charge on any atom is -0.495 e. The fraction of sp³-hybridized carbons (Fsp3) is 0.333. The molecule has 0 spiro atoms. The van der Waals surface area contributed by atoms with Crippen LogP contribution in [0.15, 0.2) is 71.1 Å². The number of amides is 1. The van der Waals surface area contributed by atoms with Crippen molar-refractivity contribution in [1.29, 1.82) is 0 Å². The molecule has 182 valence electrons.